The molecule has 0 aliphatic carbocycles. The third-order valence-corrected chi connectivity index (χ3v) is 7.24. The summed E-state index contributed by atoms with van der Waals surface area (Å²) < 4.78 is 49.4. The van der Waals surface area contributed by atoms with Gasteiger partial charge in [-0.3, -0.25) is 0 Å². The molecule has 6 nitrogen and oxygen atoms in total. The van der Waals surface area contributed by atoms with Gasteiger partial charge in [-0.2, -0.15) is 0 Å². The van der Waals surface area contributed by atoms with Gasteiger partial charge in [0.25, 0.3) is 0 Å². The number of hydrogen-bond donors (Lipinski definition) is 2. The van der Waals surface area contributed by atoms with E-state index in [4.69, 9.17) is 5.73 Å². The lowest BCUT2D eigenvalue weighted by atomic mass is 10.1. The van der Waals surface area contributed by atoms with Gasteiger partial charge in [0.05, 0.1) is 16.8 Å². The predicted octanol–water partition coefficient (Wildman–Crippen LogP) is -0.248. The molecule has 2 rings (SSSR count). The van der Waals surface area contributed by atoms with Crippen LogP contribution in [0.15, 0.2) is 24.3 Å². The quantitative estimate of drug-likeness (QED) is 0.779. The minimum Gasteiger partial charge on any atom is -0.326 e. The van der Waals surface area contributed by atoms with Gasteiger partial charge in [0.1, 0.15) is 0 Å². The number of sulfonamides is 1. The number of benzene rings is 1. The molecule has 20 heavy (non-hydrogen) atoms. The van der Waals surface area contributed by atoms with Crippen molar-refractivity contribution >= 4 is 19.9 Å². The van der Waals surface area contributed by atoms with E-state index in [1.165, 1.54) is 0 Å². The van der Waals surface area contributed by atoms with Gasteiger partial charge in [0, 0.05) is 13.1 Å². The Hall–Kier alpha value is -0.960. The van der Waals surface area contributed by atoms with Crippen molar-refractivity contribution in [3.63, 3.8) is 0 Å². The van der Waals surface area contributed by atoms with E-state index in [-0.39, 0.29) is 24.5 Å². The molecule has 1 heterocycles. The van der Waals surface area contributed by atoms with Crippen LogP contribution in [0.1, 0.15) is 17.5 Å². The van der Waals surface area contributed by atoms with E-state index in [0.29, 0.717) is 6.54 Å². The van der Waals surface area contributed by atoms with Crippen LogP contribution in [-0.4, -0.2) is 33.6 Å². The van der Waals surface area contributed by atoms with Crippen LogP contribution in [0.2, 0.25) is 0 Å². The molecular weight excluding hydrogens is 300 g/mol. The molecule has 112 valence electrons. The van der Waals surface area contributed by atoms with Crippen molar-refractivity contribution < 1.29 is 16.8 Å². The summed E-state index contributed by atoms with van der Waals surface area (Å²) in [4.78, 5) is 0. The van der Waals surface area contributed by atoms with Crippen molar-refractivity contribution in [2.75, 3.05) is 11.5 Å². The van der Waals surface area contributed by atoms with E-state index < -0.39 is 25.1 Å². The lowest BCUT2D eigenvalue weighted by Gasteiger charge is -2.13. The van der Waals surface area contributed by atoms with Gasteiger partial charge in [-0.1, -0.05) is 24.3 Å². The lowest BCUT2D eigenvalue weighted by molar-refractivity contribution is 0.567. The highest BCUT2D eigenvalue weighted by Gasteiger charge is 2.36. The molecule has 1 aromatic carbocycles. The number of nitrogens with one attached hydrogen (secondary N) is 1. The minimum absolute atomic E-state index is 0.0576. The fourth-order valence-corrected chi connectivity index (χ4v) is 6.28. The average molecular weight is 318 g/mol. The second kappa shape index (κ2) is 5.80. The zero-order valence-electron chi connectivity index (χ0n) is 10.9. The fraction of sp³-hybridized carbons (Fsp3) is 0.500. The summed E-state index contributed by atoms with van der Waals surface area (Å²) in [6.45, 7) is 0.460. The maximum atomic E-state index is 12.1. The summed E-state index contributed by atoms with van der Waals surface area (Å²) in [5, 5.41) is -0.850. The van der Waals surface area contributed by atoms with E-state index in [1.54, 1.807) is 6.07 Å². The first-order valence-corrected chi connectivity index (χ1v) is 9.66. The normalized spacial score (nSPS) is 21.9. The molecule has 0 spiro atoms. The first-order valence-electron chi connectivity index (χ1n) is 6.30. The molecule has 0 aromatic heterocycles. The van der Waals surface area contributed by atoms with Gasteiger partial charge >= 0.3 is 0 Å². The summed E-state index contributed by atoms with van der Waals surface area (Å²) in [7, 11) is -6.84. The Morgan fingerprint density at radius 3 is 2.45 bits per heavy atom. The molecule has 1 aliphatic rings. The van der Waals surface area contributed by atoms with Crippen molar-refractivity contribution in [3.8, 4) is 0 Å². The molecule has 1 aliphatic heterocycles. The maximum absolute atomic E-state index is 12.1. The van der Waals surface area contributed by atoms with Gasteiger partial charge in [-0.05, 0) is 17.5 Å². The standard InChI is InChI=1S/C12H18N2O4S2/c13-7-10-3-1-2-4-11(10)8-14-20(17,18)12-5-6-19(15,16)9-12/h1-4,12,14H,5-9,13H2. The van der Waals surface area contributed by atoms with E-state index in [9.17, 15) is 16.8 Å². The molecule has 1 unspecified atom stereocenters. The smallest absolute Gasteiger partial charge is 0.215 e. The Morgan fingerprint density at radius 1 is 1.25 bits per heavy atom. The molecule has 0 amide bonds. The predicted molar refractivity (Wildman–Crippen MR) is 77.2 cm³/mol. The van der Waals surface area contributed by atoms with Crippen LogP contribution in [0.4, 0.5) is 0 Å². The summed E-state index contributed by atoms with van der Waals surface area (Å²) in [5.74, 6) is -0.348. The third-order valence-electron chi connectivity index (χ3n) is 3.43. The number of rotatable bonds is 5. The Kier molecular flexibility index (Phi) is 4.48. The third kappa shape index (κ3) is 3.57. The first-order chi connectivity index (χ1) is 9.34. The Bertz CT molecular complexity index is 683. The highest BCUT2D eigenvalue weighted by molar-refractivity contribution is 7.95. The molecule has 1 aromatic rings. The highest BCUT2D eigenvalue weighted by atomic mass is 32.2. The maximum Gasteiger partial charge on any atom is 0.215 e. The van der Waals surface area contributed by atoms with E-state index in [1.807, 2.05) is 18.2 Å². The molecule has 3 N–H and O–H groups in total. The topological polar surface area (TPSA) is 106 Å². The molecule has 0 bridgehead atoms. The van der Waals surface area contributed by atoms with E-state index >= 15 is 0 Å². The second-order valence-corrected chi connectivity index (χ2v) is 9.14. The zero-order valence-corrected chi connectivity index (χ0v) is 12.6. The average Bonchev–Trinajstić information content (AvgIpc) is 2.78. The van der Waals surface area contributed by atoms with E-state index in [0.717, 1.165) is 11.1 Å². The molecule has 0 radical (unpaired) electrons. The molecular formula is C12H18N2O4S2. The van der Waals surface area contributed by atoms with Crippen molar-refractivity contribution in [1.29, 1.82) is 0 Å². The van der Waals surface area contributed by atoms with E-state index in [2.05, 4.69) is 4.72 Å². The van der Waals surface area contributed by atoms with Gasteiger partial charge in [-0.25, -0.2) is 21.6 Å². The molecule has 1 fully saturated rings. The number of sulfone groups is 1. The largest absolute Gasteiger partial charge is 0.326 e. The van der Waals surface area contributed by atoms with Crippen LogP contribution in [0.3, 0.4) is 0 Å². The van der Waals surface area contributed by atoms with Gasteiger partial charge in [0.2, 0.25) is 10.0 Å². The molecule has 1 saturated heterocycles. The van der Waals surface area contributed by atoms with Crippen molar-refractivity contribution in [2.24, 2.45) is 5.73 Å². The Morgan fingerprint density at radius 2 is 1.90 bits per heavy atom. The molecule has 1 atom stereocenters. The SMILES string of the molecule is NCc1ccccc1CNS(=O)(=O)C1CCS(=O)(=O)C1. The van der Waals surface area contributed by atoms with Crippen molar-refractivity contribution in [1.82, 2.24) is 4.72 Å². The molecule has 0 saturated carbocycles. The summed E-state index contributed by atoms with van der Waals surface area (Å²) in [6.07, 6.45) is 0.163. The van der Waals surface area contributed by atoms with Crippen LogP contribution in [-0.2, 0) is 33.0 Å². The number of nitrogens with two attached hydrogens (primary N) is 1. The van der Waals surface area contributed by atoms with Gasteiger partial charge in [0.15, 0.2) is 9.84 Å². The monoisotopic (exact) mass is 318 g/mol. The number of hydrogen-bond acceptors (Lipinski definition) is 5. The summed E-state index contributed by atoms with van der Waals surface area (Å²) in [6, 6.07) is 7.28. The molecule has 8 heteroatoms. The first kappa shape index (κ1) is 15.4. The summed E-state index contributed by atoms with van der Waals surface area (Å²) in [5.41, 5.74) is 7.27. The van der Waals surface area contributed by atoms with Gasteiger partial charge in [-0.15, -0.1) is 0 Å². The lowest BCUT2D eigenvalue weighted by Crippen LogP contribution is -2.35. The highest BCUT2D eigenvalue weighted by Crippen LogP contribution is 2.18. The summed E-state index contributed by atoms with van der Waals surface area (Å²) >= 11 is 0. The zero-order chi connectivity index (χ0) is 14.8. The fourth-order valence-electron chi connectivity index (χ4n) is 2.23. The second-order valence-electron chi connectivity index (χ2n) is 4.86. The van der Waals surface area contributed by atoms with Crippen LogP contribution < -0.4 is 10.5 Å². The Balaban J connectivity index is 2.07. The van der Waals surface area contributed by atoms with Gasteiger partial charge < -0.3 is 5.73 Å². The van der Waals surface area contributed by atoms with Crippen LogP contribution in [0.5, 0.6) is 0 Å². The van der Waals surface area contributed by atoms with Crippen LogP contribution >= 0.6 is 0 Å². The Labute approximate surface area is 119 Å². The van der Waals surface area contributed by atoms with Crippen molar-refractivity contribution in [3.05, 3.63) is 35.4 Å². The van der Waals surface area contributed by atoms with Crippen LogP contribution in [0, 0.1) is 0 Å². The van der Waals surface area contributed by atoms with Crippen LogP contribution in [0.25, 0.3) is 0 Å². The van der Waals surface area contributed by atoms with Crippen molar-refractivity contribution in [2.45, 2.75) is 24.8 Å². The minimum atomic E-state index is -3.62.